The van der Waals surface area contributed by atoms with Crippen LogP contribution in [0.3, 0.4) is 0 Å². The summed E-state index contributed by atoms with van der Waals surface area (Å²) >= 11 is 0. The van der Waals surface area contributed by atoms with Crippen molar-refractivity contribution in [1.82, 2.24) is 4.72 Å². The molecule has 0 atom stereocenters. The maximum absolute atomic E-state index is 11.3. The molecule has 5 nitrogen and oxygen atoms in total. The number of nitrogens with zero attached hydrogens (tertiary/aromatic N) is 1. The molecule has 0 bridgehead atoms. The van der Waals surface area contributed by atoms with Gasteiger partial charge in [-0.1, -0.05) is 12.1 Å². The third-order valence-corrected chi connectivity index (χ3v) is 4.31. The van der Waals surface area contributed by atoms with E-state index in [9.17, 15) is 8.42 Å². The van der Waals surface area contributed by atoms with Crippen LogP contribution in [0.5, 0.6) is 5.75 Å². The largest absolute Gasteiger partial charge is 0.490 e. The quantitative estimate of drug-likeness (QED) is 0.861. The minimum absolute atomic E-state index is 0.118. The van der Waals surface area contributed by atoms with Crippen LogP contribution in [0.4, 0.5) is 5.69 Å². The minimum atomic E-state index is -3.11. The average Bonchev–Trinajstić information content (AvgIpc) is 2.39. The van der Waals surface area contributed by atoms with Crippen molar-refractivity contribution in [3.05, 3.63) is 24.3 Å². The van der Waals surface area contributed by atoms with Crippen LogP contribution in [-0.4, -0.2) is 40.4 Å². The van der Waals surface area contributed by atoms with Crippen molar-refractivity contribution in [2.45, 2.75) is 6.92 Å². The number of fused-ring (bicyclic) bond motifs is 1. The highest BCUT2D eigenvalue weighted by molar-refractivity contribution is 7.89. The van der Waals surface area contributed by atoms with Gasteiger partial charge in [0, 0.05) is 13.1 Å². The zero-order chi connectivity index (χ0) is 13.0. The van der Waals surface area contributed by atoms with Crippen molar-refractivity contribution >= 4 is 15.7 Å². The molecule has 0 radical (unpaired) electrons. The first-order chi connectivity index (χ1) is 8.62. The average molecular weight is 270 g/mol. The summed E-state index contributed by atoms with van der Waals surface area (Å²) in [6.07, 6.45) is 0. The number of sulfonamides is 1. The molecule has 1 heterocycles. The summed E-state index contributed by atoms with van der Waals surface area (Å²) < 4.78 is 30.8. The Morgan fingerprint density at radius 3 is 2.94 bits per heavy atom. The standard InChI is InChI=1S/C12H18N2O3S/c1-2-18(15,16)13-7-8-14-9-10-17-12-6-4-3-5-11(12)14/h3-6,13H,2,7-10H2,1H3. The zero-order valence-electron chi connectivity index (χ0n) is 10.4. The number of rotatable bonds is 5. The molecule has 1 aromatic rings. The summed E-state index contributed by atoms with van der Waals surface area (Å²) in [6.45, 7) is 4.12. The summed E-state index contributed by atoms with van der Waals surface area (Å²) in [4.78, 5) is 2.14. The molecule has 1 N–H and O–H groups in total. The van der Waals surface area contributed by atoms with Crippen molar-refractivity contribution in [2.24, 2.45) is 0 Å². The maximum Gasteiger partial charge on any atom is 0.211 e. The monoisotopic (exact) mass is 270 g/mol. The third kappa shape index (κ3) is 3.14. The predicted octanol–water partition coefficient (Wildman–Crippen LogP) is 0.825. The summed E-state index contributed by atoms with van der Waals surface area (Å²) in [5.41, 5.74) is 1.03. The van der Waals surface area contributed by atoms with E-state index in [1.165, 1.54) is 0 Å². The van der Waals surface area contributed by atoms with E-state index in [4.69, 9.17) is 4.74 Å². The van der Waals surface area contributed by atoms with E-state index in [1.54, 1.807) is 6.92 Å². The van der Waals surface area contributed by atoms with Crippen LogP contribution >= 0.6 is 0 Å². The van der Waals surface area contributed by atoms with Gasteiger partial charge in [-0.15, -0.1) is 0 Å². The number of hydrogen-bond acceptors (Lipinski definition) is 4. The van der Waals surface area contributed by atoms with E-state index in [0.29, 0.717) is 19.7 Å². The Labute approximate surface area is 108 Å². The molecule has 1 aromatic carbocycles. The molecule has 0 amide bonds. The second kappa shape index (κ2) is 5.58. The Balaban J connectivity index is 1.96. The molecule has 1 aliphatic rings. The van der Waals surface area contributed by atoms with E-state index >= 15 is 0 Å². The van der Waals surface area contributed by atoms with Crippen LogP contribution in [-0.2, 0) is 10.0 Å². The molecule has 100 valence electrons. The Morgan fingerprint density at radius 1 is 1.39 bits per heavy atom. The number of ether oxygens (including phenoxy) is 1. The highest BCUT2D eigenvalue weighted by Crippen LogP contribution is 2.30. The van der Waals surface area contributed by atoms with Crippen molar-refractivity contribution in [3.63, 3.8) is 0 Å². The second-order valence-electron chi connectivity index (χ2n) is 4.10. The smallest absolute Gasteiger partial charge is 0.211 e. The lowest BCUT2D eigenvalue weighted by molar-refractivity contribution is 0.308. The molecule has 1 aliphatic heterocycles. The second-order valence-corrected chi connectivity index (χ2v) is 6.20. The van der Waals surface area contributed by atoms with Crippen LogP contribution in [0.2, 0.25) is 0 Å². The van der Waals surface area contributed by atoms with Crippen molar-refractivity contribution in [2.75, 3.05) is 36.9 Å². The van der Waals surface area contributed by atoms with Gasteiger partial charge in [0.1, 0.15) is 12.4 Å². The van der Waals surface area contributed by atoms with E-state index < -0.39 is 10.0 Å². The fourth-order valence-electron chi connectivity index (χ4n) is 1.90. The van der Waals surface area contributed by atoms with Crippen LogP contribution in [0.15, 0.2) is 24.3 Å². The topological polar surface area (TPSA) is 58.6 Å². The first kappa shape index (κ1) is 13.2. The van der Waals surface area contributed by atoms with Crippen LogP contribution in [0, 0.1) is 0 Å². The molecule has 0 fully saturated rings. The zero-order valence-corrected chi connectivity index (χ0v) is 11.2. The molecule has 6 heteroatoms. The molecule has 0 aromatic heterocycles. The molecule has 0 saturated heterocycles. The molecule has 18 heavy (non-hydrogen) atoms. The molecule has 0 unspecified atom stereocenters. The van der Waals surface area contributed by atoms with Gasteiger partial charge in [-0.25, -0.2) is 13.1 Å². The maximum atomic E-state index is 11.3. The molecule has 0 spiro atoms. The Hall–Kier alpha value is -1.27. The molecule has 2 rings (SSSR count). The van der Waals surface area contributed by atoms with Crippen molar-refractivity contribution in [1.29, 1.82) is 0 Å². The number of nitrogens with one attached hydrogen (secondary N) is 1. The van der Waals surface area contributed by atoms with Crippen LogP contribution < -0.4 is 14.4 Å². The van der Waals surface area contributed by atoms with Gasteiger partial charge in [-0.05, 0) is 19.1 Å². The highest BCUT2D eigenvalue weighted by atomic mass is 32.2. The summed E-state index contributed by atoms with van der Waals surface area (Å²) in [7, 11) is -3.11. The lowest BCUT2D eigenvalue weighted by Gasteiger charge is -2.31. The number of hydrogen-bond donors (Lipinski definition) is 1. The van der Waals surface area contributed by atoms with Gasteiger partial charge >= 0.3 is 0 Å². The number of anilines is 1. The summed E-state index contributed by atoms with van der Waals surface area (Å²) in [5, 5.41) is 0. The van der Waals surface area contributed by atoms with E-state index in [2.05, 4.69) is 9.62 Å². The van der Waals surface area contributed by atoms with Gasteiger partial charge in [-0.2, -0.15) is 0 Å². The van der Waals surface area contributed by atoms with Crippen molar-refractivity contribution in [3.8, 4) is 5.75 Å². The summed E-state index contributed by atoms with van der Waals surface area (Å²) in [5.74, 6) is 0.981. The number of benzene rings is 1. The van der Waals surface area contributed by atoms with Gasteiger partial charge in [0.05, 0.1) is 18.0 Å². The van der Waals surface area contributed by atoms with Gasteiger partial charge in [-0.3, -0.25) is 0 Å². The van der Waals surface area contributed by atoms with Gasteiger partial charge < -0.3 is 9.64 Å². The SMILES string of the molecule is CCS(=O)(=O)NCCN1CCOc2ccccc21. The van der Waals surface area contributed by atoms with E-state index in [1.807, 2.05) is 24.3 Å². The van der Waals surface area contributed by atoms with E-state index in [-0.39, 0.29) is 5.75 Å². The van der Waals surface area contributed by atoms with Gasteiger partial charge in [0.15, 0.2) is 0 Å². The fraction of sp³-hybridized carbons (Fsp3) is 0.500. The highest BCUT2D eigenvalue weighted by Gasteiger charge is 2.17. The third-order valence-electron chi connectivity index (χ3n) is 2.91. The normalized spacial score (nSPS) is 15.1. The lowest BCUT2D eigenvalue weighted by Crippen LogP contribution is -2.39. The minimum Gasteiger partial charge on any atom is -0.490 e. The molecular formula is C12H18N2O3S. The van der Waals surface area contributed by atoms with Gasteiger partial charge in [0.2, 0.25) is 10.0 Å². The molecule has 0 saturated carbocycles. The summed E-state index contributed by atoms with van der Waals surface area (Å²) in [6, 6.07) is 7.80. The Kier molecular flexibility index (Phi) is 4.08. The number of para-hydroxylation sites is 2. The lowest BCUT2D eigenvalue weighted by atomic mass is 10.2. The molecule has 0 aliphatic carbocycles. The predicted molar refractivity (Wildman–Crippen MR) is 71.6 cm³/mol. The first-order valence-electron chi connectivity index (χ1n) is 6.06. The Morgan fingerprint density at radius 2 is 2.17 bits per heavy atom. The fourth-order valence-corrected chi connectivity index (χ4v) is 2.50. The van der Waals surface area contributed by atoms with Gasteiger partial charge in [0.25, 0.3) is 0 Å². The van der Waals surface area contributed by atoms with Crippen LogP contribution in [0.25, 0.3) is 0 Å². The van der Waals surface area contributed by atoms with E-state index in [0.717, 1.165) is 18.0 Å². The Bertz CT molecular complexity index is 502. The van der Waals surface area contributed by atoms with Crippen molar-refractivity contribution < 1.29 is 13.2 Å². The van der Waals surface area contributed by atoms with Crippen LogP contribution in [0.1, 0.15) is 6.92 Å². The molecular weight excluding hydrogens is 252 g/mol. The first-order valence-corrected chi connectivity index (χ1v) is 7.72.